The van der Waals surface area contributed by atoms with Crippen LogP contribution in [-0.4, -0.2) is 17.2 Å². The van der Waals surface area contributed by atoms with Crippen LogP contribution in [0.25, 0.3) is 0 Å². The monoisotopic (exact) mass is 132 g/mol. The second-order valence-electron chi connectivity index (χ2n) is 2.39. The van der Waals surface area contributed by atoms with Gasteiger partial charge in [0, 0.05) is 0 Å². The molecule has 1 rings (SSSR count). The van der Waals surface area contributed by atoms with Crippen molar-refractivity contribution in [3.05, 3.63) is 0 Å². The van der Waals surface area contributed by atoms with Crippen molar-refractivity contribution in [3.8, 4) is 0 Å². The number of carbonyl (C=O) groups is 1. The van der Waals surface area contributed by atoms with Crippen LogP contribution in [0.2, 0.25) is 0 Å². The summed E-state index contributed by atoms with van der Waals surface area (Å²) in [6, 6.07) is 0. The zero-order valence-electron chi connectivity index (χ0n) is 5.01. The molecule has 0 spiro atoms. The van der Waals surface area contributed by atoms with Gasteiger partial charge in [-0.25, -0.2) is 4.39 Å². The minimum absolute atomic E-state index is 0.428. The van der Waals surface area contributed by atoms with Gasteiger partial charge in [0.15, 0.2) is 0 Å². The van der Waals surface area contributed by atoms with E-state index in [0.717, 1.165) is 6.42 Å². The Morgan fingerprint density at radius 1 is 1.56 bits per heavy atom. The summed E-state index contributed by atoms with van der Waals surface area (Å²) in [5, 5.41) is 8.34. The molecule has 1 saturated carbocycles. The fraction of sp³-hybridized carbons (Fsp3) is 0.833. The predicted molar refractivity (Wildman–Crippen MR) is 29.9 cm³/mol. The van der Waals surface area contributed by atoms with Crippen LogP contribution in [0.1, 0.15) is 19.3 Å². The molecule has 2 nitrogen and oxygen atoms in total. The maximum Gasteiger partial charge on any atom is 0.309 e. The Hall–Kier alpha value is -0.600. The van der Waals surface area contributed by atoms with E-state index in [-0.39, 0.29) is 0 Å². The highest BCUT2D eigenvalue weighted by atomic mass is 19.1. The van der Waals surface area contributed by atoms with Crippen molar-refractivity contribution in [1.82, 2.24) is 0 Å². The summed E-state index contributed by atoms with van der Waals surface area (Å²) in [5.41, 5.74) is 0. The van der Waals surface area contributed by atoms with Gasteiger partial charge in [-0.2, -0.15) is 0 Å². The molecular formula is C6H9FO2. The van der Waals surface area contributed by atoms with E-state index in [0.29, 0.717) is 12.8 Å². The second kappa shape index (κ2) is 2.33. The molecule has 0 bridgehead atoms. The molecule has 3 heteroatoms. The molecule has 2 atom stereocenters. The van der Waals surface area contributed by atoms with Gasteiger partial charge < -0.3 is 5.11 Å². The van der Waals surface area contributed by atoms with Crippen LogP contribution in [0.4, 0.5) is 4.39 Å². The van der Waals surface area contributed by atoms with E-state index >= 15 is 0 Å². The highest BCUT2D eigenvalue weighted by molar-refractivity contribution is 5.71. The SMILES string of the molecule is O=C(O)[C@H]1CCC[C@@H]1F. The minimum Gasteiger partial charge on any atom is -0.481 e. The molecule has 0 aromatic heterocycles. The molecule has 0 radical (unpaired) electrons. The molecular weight excluding hydrogens is 123 g/mol. The number of carboxylic acid groups (broad SMARTS) is 1. The maximum absolute atomic E-state index is 12.5. The Morgan fingerprint density at radius 3 is 2.44 bits per heavy atom. The van der Waals surface area contributed by atoms with E-state index < -0.39 is 18.1 Å². The molecule has 1 N–H and O–H groups in total. The number of hydrogen-bond donors (Lipinski definition) is 1. The van der Waals surface area contributed by atoms with Gasteiger partial charge in [0.05, 0.1) is 5.92 Å². The van der Waals surface area contributed by atoms with Crippen LogP contribution in [0.3, 0.4) is 0 Å². The Kier molecular flexibility index (Phi) is 1.69. The van der Waals surface area contributed by atoms with Crippen LogP contribution >= 0.6 is 0 Å². The van der Waals surface area contributed by atoms with Gasteiger partial charge >= 0.3 is 5.97 Å². The zero-order chi connectivity index (χ0) is 6.85. The number of halogens is 1. The van der Waals surface area contributed by atoms with Crippen LogP contribution in [0, 0.1) is 5.92 Å². The first-order valence-corrected chi connectivity index (χ1v) is 3.08. The summed E-state index contributed by atoms with van der Waals surface area (Å²) in [6.07, 6.45) is 0.563. The Bertz CT molecular complexity index is 124. The third-order valence-corrected chi connectivity index (χ3v) is 1.75. The highest BCUT2D eigenvalue weighted by Gasteiger charge is 2.32. The first kappa shape index (κ1) is 6.52. The molecule has 0 amide bonds. The number of rotatable bonds is 1. The molecule has 1 fully saturated rings. The molecule has 0 heterocycles. The molecule has 1 aliphatic carbocycles. The number of alkyl halides is 1. The van der Waals surface area contributed by atoms with Gasteiger partial charge in [-0.3, -0.25) is 4.79 Å². The van der Waals surface area contributed by atoms with Crippen molar-refractivity contribution in [2.75, 3.05) is 0 Å². The zero-order valence-corrected chi connectivity index (χ0v) is 5.01. The molecule has 0 aromatic rings. The Morgan fingerprint density at radius 2 is 2.22 bits per heavy atom. The van der Waals surface area contributed by atoms with Crippen molar-refractivity contribution >= 4 is 5.97 Å². The number of hydrogen-bond acceptors (Lipinski definition) is 1. The van der Waals surface area contributed by atoms with E-state index in [1.165, 1.54) is 0 Å². The average Bonchev–Trinajstić information content (AvgIpc) is 2.13. The van der Waals surface area contributed by atoms with Gasteiger partial charge in [-0.1, -0.05) is 0 Å². The van der Waals surface area contributed by atoms with E-state index in [4.69, 9.17) is 5.11 Å². The van der Waals surface area contributed by atoms with Gasteiger partial charge in [-0.15, -0.1) is 0 Å². The summed E-state index contributed by atoms with van der Waals surface area (Å²) in [7, 11) is 0. The topological polar surface area (TPSA) is 37.3 Å². The average molecular weight is 132 g/mol. The van der Waals surface area contributed by atoms with Crippen LogP contribution in [0.15, 0.2) is 0 Å². The summed E-state index contributed by atoms with van der Waals surface area (Å²) < 4.78 is 12.5. The summed E-state index contributed by atoms with van der Waals surface area (Å²) in [5.74, 6) is -1.70. The standard InChI is InChI=1S/C6H9FO2/c7-5-3-1-2-4(5)6(8)9/h4-5H,1-3H2,(H,8,9)/t4-,5-/m0/s1. The number of carboxylic acids is 1. The third-order valence-electron chi connectivity index (χ3n) is 1.75. The van der Waals surface area contributed by atoms with Crippen molar-refractivity contribution in [2.45, 2.75) is 25.4 Å². The summed E-state index contributed by atoms with van der Waals surface area (Å²) in [6.45, 7) is 0. The van der Waals surface area contributed by atoms with Crippen molar-refractivity contribution < 1.29 is 14.3 Å². The predicted octanol–water partition coefficient (Wildman–Crippen LogP) is 1.21. The molecule has 0 saturated heterocycles. The molecule has 9 heavy (non-hydrogen) atoms. The van der Waals surface area contributed by atoms with Crippen molar-refractivity contribution in [3.63, 3.8) is 0 Å². The molecule has 0 aromatic carbocycles. The first-order chi connectivity index (χ1) is 4.22. The van der Waals surface area contributed by atoms with Crippen LogP contribution in [-0.2, 0) is 4.79 Å². The molecule has 52 valence electrons. The smallest absolute Gasteiger partial charge is 0.309 e. The highest BCUT2D eigenvalue weighted by Crippen LogP contribution is 2.27. The second-order valence-corrected chi connectivity index (χ2v) is 2.39. The van der Waals surface area contributed by atoms with Gasteiger partial charge in [-0.05, 0) is 19.3 Å². The van der Waals surface area contributed by atoms with Gasteiger partial charge in [0.25, 0.3) is 0 Å². The molecule has 0 unspecified atom stereocenters. The Balaban J connectivity index is 2.49. The maximum atomic E-state index is 12.5. The lowest BCUT2D eigenvalue weighted by molar-refractivity contribution is -0.143. The molecule has 1 aliphatic rings. The van der Waals surface area contributed by atoms with Gasteiger partial charge in [0.1, 0.15) is 6.17 Å². The first-order valence-electron chi connectivity index (χ1n) is 3.08. The summed E-state index contributed by atoms with van der Waals surface area (Å²) >= 11 is 0. The normalized spacial score (nSPS) is 34.8. The number of aliphatic carboxylic acids is 1. The van der Waals surface area contributed by atoms with E-state index in [1.807, 2.05) is 0 Å². The van der Waals surface area contributed by atoms with E-state index in [2.05, 4.69) is 0 Å². The van der Waals surface area contributed by atoms with Crippen molar-refractivity contribution in [2.24, 2.45) is 5.92 Å². The summed E-state index contributed by atoms with van der Waals surface area (Å²) in [4.78, 5) is 10.2. The lowest BCUT2D eigenvalue weighted by Crippen LogP contribution is -2.18. The van der Waals surface area contributed by atoms with Gasteiger partial charge in [0.2, 0.25) is 0 Å². The third kappa shape index (κ3) is 1.20. The van der Waals surface area contributed by atoms with Crippen LogP contribution < -0.4 is 0 Å². The van der Waals surface area contributed by atoms with E-state index in [1.54, 1.807) is 0 Å². The fourth-order valence-electron chi connectivity index (χ4n) is 1.19. The lowest BCUT2D eigenvalue weighted by atomic mass is 10.1. The Labute approximate surface area is 52.7 Å². The lowest BCUT2D eigenvalue weighted by Gasteiger charge is -2.03. The van der Waals surface area contributed by atoms with Crippen molar-refractivity contribution in [1.29, 1.82) is 0 Å². The van der Waals surface area contributed by atoms with E-state index in [9.17, 15) is 9.18 Å². The fourth-order valence-corrected chi connectivity index (χ4v) is 1.19. The minimum atomic E-state index is -1.09. The van der Waals surface area contributed by atoms with Crippen LogP contribution in [0.5, 0.6) is 0 Å². The quantitative estimate of drug-likeness (QED) is 0.582. The molecule has 0 aliphatic heterocycles. The largest absolute Gasteiger partial charge is 0.481 e.